The topological polar surface area (TPSA) is 45.2 Å². The highest BCUT2D eigenvalue weighted by atomic mass is 79.9. The van der Waals surface area contributed by atoms with Gasteiger partial charge in [-0.1, -0.05) is 33.6 Å². The summed E-state index contributed by atoms with van der Waals surface area (Å²) in [7, 11) is 0. The first-order chi connectivity index (χ1) is 14.0. The minimum absolute atomic E-state index is 0.317. The van der Waals surface area contributed by atoms with Gasteiger partial charge in [0.2, 0.25) is 0 Å². The molecular weight excluding hydrogens is 456 g/mol. The Hall–Kier alpha value is -1.31. The number of halogens is 2. The van der Waals surface area contributed by atoms with Crippen molar-refractivity contribution in [2.75, 3.05) is 57.4 Å². The van der Waals surface area contributed by atoms with Crippen LogP contribution >= 0.6 is 27.5 Å². The number of hydrogen-bond donors (Lipinski definition) is 1. The molecule has 1 N–H and O–H groups in total. The number of piperazine rings is 1. The van der Waals surface area contributed by atoms with Crippen LogP contribution < -0.4 is 9.64 Å². The number of β-amino-alcohol motifs (C(OH)–C–C–N with tert-alkyl or cyclic N) is 1. The molecule has 1 aliphatic heterocycles. The number of anilines is 1. The highest BCUT2D eigenvalue weighted by Crippen LogP contribution is 2.25. The molecule has 1 fully saturated rings. The molecule has 0 spiro atoms. The molecule has 0 unspecified atom stereocenters. The van der Waals surface area contributed by atoms with Crippen molar-refractivity contribution in [1.29, 1.82) is 0 Å². The molecule has 7 heteroatoms. The number of nitrogens with zero attached hydrogens (tertiary/aromatic N) is 2. The van der Waals surface area contributed by atoms with Crippen LogP contribution in [0.15, 0.2) is 46.9 Å². The van der Waals surface area contributed by atoms with Gasteiger partial charge in [0, 0.05) is 47.9 Å². The highest BCUT2D eigenvalue weighted by Gasteiger charge is 2.20. The number of aryl methyl sites for hydroxylation is 1. The summed E-state index contributed by atoms with van der Waals surface area (Å²) in [6.07, 6.45) is -0.498. The summed E-state index contributed by atoms with van der Waals surface area (Å²) in [6, 6.07) is 13.7. The minimum atomic E-state index is -0.498. The number of rotatable bonds is 9. The first-order valence-corrected chi connectivity index (χ1v) is 11.1. The summed E-state index contributed by atoms with van der Waals surface area (Å²) in [5, 5.41) is 11.0. The molecule has 3 rings (SSSR count). The van der Waals surface area contributed by atoms with Crippen molar-refractivity contribution in [2.45, 2.75) is 13.0 Å². The van der Waals surface area contributed by atoms with Gasteiger partial charge in [-0.15, -0.1) is 0 Å². The molecule has 0 radical (unpaired) electrons. The molecule has 29 heavy (non-hydrogen) atoms. The predicted octanol–water partition coefficient (Wildman–Crippen LogP) is 3.99. The van der Waals surface area contributed by atoms with E-state index in [0.717, 1.165) is 41.4 Å². The molecule has 1 aliphatic rings. The van der Waals surface area contributed by atoms with E-state index in [1.165, 1.54) is 11.3 Å². The Morgan fingerprint density at radius 3 is 2.52 bits per heavy atom. The molecular formula is C22H28BrClN2O3. The number of aliphatic hydroxyl groups excluding tert-OH is 1. The van der Waals surface area contributed by atoms with E-state index in [2.05, 4.69) is 38.7 Å². The number of aliphatic hydroxyl groups is 1. The molecule has 1 saturated heterocycles. The van der Waals surface area contributed by atoms with Gasteiger partial charge in [0.25, 0.3) is 0 Å². The maximum absolute atomic E-state index is 10.3. The lowest BCUT2D eigenvalue weighted by Gasteiger charge is -2.37. The Labute approximate surface area is 186 Å². The Morgan fingerprint density at radius 2 is 1.79 bits per heavy atom. The monoisotopic (exact) mass is 482 g/mol. The first kappa shape index (κ1) is 22.4. The maximum atomic E-state index is 10.3. The summed E-state index contributed by atoms with van der Waals surface area (Å²) >= 11 is 9.55. The van der Waals surface area contributed by atoms with Gasteiger partial charge in [0.1, 0.15) is 12.4 Å². The van der Waals surface area contributed by atoms with E-state index >= 15 is 0 Å². The largest absolute Gasteiger partial charge is 0.491 e. The molecule has 1 atom stereocenters. The van der Waals surface area contributed by atoms with Crippen LogP contribution in [0.4, 0.5) is 5.69 Å². The Morgan fingerprint density at radius 1 is 1.07 bits per heavy atom. The van der Waals surface area contributed by atoms with Gasteiger partial charge in [-0.25, -0.2) is 0 Å². The third-order valence-corrected chi connectivity index (χ3v) is 5.74. The van der Waals surface area contributed by atoms with Crippen molar-refractivity contribution in [3.8, 4) is 5.75 Å². The lowest BCUT2D eigenvalue weighted by molar-refractivity contribution is 0.00718. The number of benzene rings is 2. The van der Waals surface area contributed by atoms with Gasteiger partial charge < -0.3 is 19.5 Å². The average Bonchev–Trinajstić information content (AvgIpc) is 2.71. The van der Waals surface area contributed by atoms with E-state index in [1.807, 2.05) is 36.4 Å². The zero-order chi connectivity index (χ0) is 20.6. The van der Waals surface area contributed by atoms with Crippen LogP contribution in [0, 0.1) is 6.92 Å². The average molecular weight is 484 g/mol. The van der Waals surface area contributed by atoms with Crippen molar-refractivity contribution in [2.24, 2.45) is 0 Å². The molecule has 0 bridgehead atoms. The zero-order valence-electron chi connectivity index (χ0n) is 16.7. The lowest BCUT2D eigenvalue weighted by Crippen LogP contribution is -2.49. The third-order valence-electron chi connectivity index (χ3n) is 4.97. The smallest absolute Gasteiger partial charge is 0.119 e. The van der Waals surface area contributed by atoms with Gasteiger partial charge >= 0.3 is 0 Å². The zero-order valence-corrected chi connectivity index (χ0v) is 19.0. The fraction of sp³-hybridized carbons (Fsp3) is 0.455. The number of hydrogen-bond acceptors (Lipinski definition) is 5. The van der Waals surface area contributed by atoms with Crippen LogP contribution in [0.3, 0.4) is 0 Å². The van der Waals surface area contributed by atoms with Gasteiger partial charge in [-0.3, -0.25) is 4.90 Å². The fourth-order valence-electron chi connectivity index (χ4n) is 3.41. The summed E-state index contributed by atoms with van der Waals surface area (Å²) < 4.78 is 12.2. The molecule has 1 heterocycles. The van der Waals surface area contributed by atoms with Crippen molar-refractivity contribution in [1.82, 2.24) is 4.90 Å². The van der Waals surface area contributed by atoms with E-state index in [9.17, 15) is 5.11 Å². The van der Waals surface area contributed by atoms with Gasteiger partial charge in [-0.2, -0.15) is 0 Å². The molecule has 2 aromatic rings. The van der Waals surface area contributed by atoms with Crippen LogP contribution in [-0.4, -0.2) is 68.7 Å². The van der Waals surface area contributed by atoms with Crippen LogP contribution in [0.2, 0.25) is 5.02 Å². The van der Waals surface area contributed by atoms with E-state index in [1.54, 1.807) is 0 Å². The van der Waals surface area contributed by atoms with Crippen LogP contribution in [0.25, 0.3) is 0 Å². The predicted molar refractivity (Wildman–Crippen MR) is 121 cm³/mol. The van der Waals surface area contributed by atoms with Crippen molar-refractivity contribution in [3.05, 3.63) is 57.5 Å². The first-order valence-electron chi connectivity index (χ1n) is 9.89. The molecule has 0 aliphatic carbocycles. The standard InChI is InChI=1S/C22H28BrClN2O3/c1-17-2-5-19(24)14-22(17)26-10-8-25(9-11-26)15-20(27)16-28-12-13-29-21-6-3-18(23)4-7-21/h2-7,14,20,27H,8-13,15-16H2,1H3/t20-/m1/s1. The molecule has 0 aromatic heterocycles. The second kappa shape index (κ2) is 11.2. The number of ether oxygens (including phenoxy) is 2. The quantitative estimate of drug-likeness (QED) is 0.547. The maximum Gasteiger partial charge on any atom is 0.119 e. The van der Waals surface area contributed by atoms with Crippen LogP contribution in [0.1, 0.15) is 5.56 Å². The molecule has 0 saturated carbocycles. The van der Waals surface area contributed by atoms with Crippen LogP contribution in [-0.2, 0) is 4.74 Å². The molecule has 0 amide bonds. The Bertz CT molecular complexity index is 767. The van der Waals surface area contributed by atoms with E-state index in [-0.39, 0.29) is 0 Å². The normalized spacial score (nSPS) is 16.1. The summed E-state index contributed by atoms with van der Waals surface area (Å²) in [6.45, 7) is 7.64. The molecule has 158 valence electrons. The Kier molecular flexibility index (Phi) is 8.63. The van der Waals surface area contributed by atoms with Gasteiger partial charge in [0.05, 0.1) is 19.3 Å². The van der Waals surface area contributed by atoms with Crippen LogP contribution in [0.5, 0.6) is 5.75 Å². The Balaban J connectivity index is 1.31. The van der Waals surface area contributed by atoms with Crippen molar-refractivity contribution >= 4 is 33.2 Å². The fourth-order valence-corrected chi connectivity index (χ4v) is 3.84. The summed E-state index contributed by atoms with van der Waals surface area (Å²) in [5.41, 5.74) is 2.44. The summed E-state index contributed by atoms with van der Waals surface area (Å²) in [5.74, 6) is 0.810. The highest BCUT2D eigenvalue weighted by molar-refractivity contribution is 9.10. The third kappa shape index (κ3) is 7.15. The van der Waals surface area contributed by atoms with Gasteiger partial charge in [0.15, 0.2) is 0 Å². The van der Waals surface area contributed by atoms with E-state index < -0.39 is 6.10 Å². The SMILES string of the molecule is Cc1ccc(Cl)cc1N1CCN(C[C@@H](O)COCCOc2ccc(Br)cc2)CC1. The van der Waals surface area contributed by atoms with E-state index in [0.29, 0.717) is 26.4 Å². The molecule has 5 nitrogen and oxygen atoms in total. The van der Waals surface area contributed by atoms with Crippen molar-refractivity contribution < 1.29 is 14.6 Å². The second-order valence-corrected chi connectivity index (χ2v) is 8.60. The lowest BCUT2D eigenvalue weighted by atomic mass is 10.1. The second-order valence-electron chi connectivity index (χ2n) is 7.25. The van der Waals surface area contributed by atoms with Gasteiger partial charge in [-0.05, 0) is 48.9 Å². The molecule has 2 aromatic carbocycles. The summed E-state index contributed by atoms with van der Waals surface area (Å²) in [4.78, 5) is 4.64. The minimum Gasteiger partial charge on any atom is -0.491 e. The van der Waals surface area contributed by atoms with Crippen molar-refractivity contribution in [3.63, 3.8) is 0 Å². The van der Waals surface area contributed by atoms with E-state index in [4.69, 9.17) is 21.1 Å².